The number of nitrogens with one attached hydrogen (secondary N) is 2. The van der Waals surface area contributed by atoms with Crippen molar-refractivity contribution in [2.45, 2.75) is 32.1 Å². The molecule has 0 fully saturated rings. The first-order chi connectivity index (χ1) is 18.1. The van der Waals surface area contributed by atoms with E-state index in [1.807, 2.05) is 85.8 Å². The van der Waals surface area contributed by atoms with E-state index in [-0.39, 0.29) is 11.7 Å². The fourth-order valence-corrected chi connectivity index (χ4v) is 5.95. The molecule has 4 aromatic rings. The van der Waals surface area contributed by atoms with E-state index in [0.29, 0.717) is 28.4 Å². The van der Waals surface area contributed by atoms with Crippen LogP contribution < -0.4 is 15.4 Å². The van der Waals surface area contributed by atoms with Gasteiger partial charge in [0.1, 0.15) is 11.5 Å². The van der Waals surface area contributed by atoms with Gasteiger partial charge in [-0.15, -0.1) is 0 Å². The van der Waals surface area contributed by atoms with E-state index in [1.54, 1.807) is 0 Å². The van der Waals surface area contributed by atoms with E-state index in [4.69, 9.17) is 4.74 Å². The Morgan fingerprint density at radius 3 is 2.62 bits per heavy atom. The number of benzene rings is 3. The van der Waals surface area contributed by atoms with Crippen LogP contribution in [-0.2, 0) is 9.59 Å². The molecule has 6 rings (SSSR count). The van der Waals surface area contributed by atoms with Crippen molar-refractivity contribution < 1.29 is 14.3 Å². The molecular formula is C30H25N3O3S. The molecule has 3 aromatic carbocycles. The zero-order valence-corrected chi connectivity index (χ0v) is 21.1. The van der Waals surface area contributed by atoms with Crippen LogP contribution >= 0.6 is 11.3 Å². The number of ketones is 1. The van der Waals surface area contributed by atoms with Gasteiger partial charge in [0, 0.05) is 34.9 Å². The number of dihydropyridines is 1. The van der Waals surface area contributed by atoms with Crippen molar-refractivity contribution in [1.29, 1.82) is 0 Å². The van der Waals surface area contributed by atoms with Gasteiger partial charge in [-0.1, -0.05) is 53.8 Å². The summed E-state index contributed by atoms with van der Waals surface area (Å²) in [6.45, 7) is 1.90. The van der Waals surface area contributed by atoms with Crippen LogP contribution in [0.15, 0.2) is 101 Å². The van der Waals surface area contributed by atoms with Crippen molar-refractivity contribution in [2.75, 3.05) is 5.32 Å². The maximum absolute atomic E-state index is 13.8. The maximum atomic E-state index is 13.8. The lowest BCUT2D eigenvalue weighted by atomic mass is 9.75. The summed E-state index contributed by atoms with van der Waals surface area (Å²) < 4.78 is 7.08. The van der Waals surface area contributed by atoms with E-state index in [0.717, 1.165) is 45.8 Å². The second kappa shape index (κ2) is 9.67. The van der Waals surface area contributed by atoms with Gasteiger partial charge >= 0.3 is 0 Å². The number of para-hydroxylation sites is 2. The van der Waals surface area contributed by atoms with Crippen LogP contribution in [-0.4, -0.2) is 16.7 Å². The van der Waals surface area contributed by atoms with Crippen molar-refractivity contribution in [3.8, 4) is 11.5 Å². The second-order valence-corrected chi connectivity index (χ2v) is 10.2. The Hall–Kier alpha value is -4.23. The molecule has 1 aromatic heterocycles. The first-order valence-electron chi connectivity index (χ1n) is 12.3. The van der Waals surface area contributed by atoms with Crippen LogP contribution in [0.25, 0.3) is 10.2 Å². The van der Waals surface area contributed by atoms with Crippen molar-refractivity contribution >= 4 is 38.4 Å². The second-order valence-electron chi connectivity index (χ2n) is 9.19. The number of ether oxygens (including phenoxy) is 1. The maximum Gasteiger partial charge on any atom is 0.256 e. The van der Waals surface area contributed by atoms with Crippen molar-refractivity contribution in [3.05, 3.63) is 107 Å². The third-order valence-electron chi connectivity index (χ3n) is 6.71. The third kappa shape index (κ3) is 4.54. The molecule has 1 unspecified atom stereocenters. The van der Waals surface area contributed by atoms with Gasteiger partial charge < -0.3 is 10.1 Å². The number of aromatic nitrogens is 1. The molecule has 0 bridgehead atoms. The number of amides is 1. The molecule has 1 amide bonds. The van der Waals surface area contributed by atoms with E-state index in [9.17, 15) is 9.59 Å². The molecule has 1 atom stereocenters. The molecule has 0 saturated carbocycles. The Kier molecular flexibility index (Phi) is 6.06. The van der Waals surface area contributed by atoms with Crippen molar-refractivity contribution in [1.82, 2.24) is 10.3 Å². The van der Waals surface area contributed by atoms with Gasteiger partial charge in [0.2, 0.25) is 0 Å². The number of carbonyl (C=O) groups excluding carboxylic acids is 2. The summed E-state index contributed by atoms with van der Waals surface area (Å²) in [7, 11) is 0. The van der Waals surface area contributed by atoms with Gasteiger partial charge in [-0.2, -0.15) is 0 Å². The number of anilines is 1. The van der Waals surface area contributed by atoms with Crippen LogP contribution in [0, 0.1) is 0 Å². The molecule has 6 nitrogen and oxygen atoms in total. The van der Waals surface area contributed by atoms with Crippen LogP contribution in [0.2, 0.25) is 0 Å². The van der Waals surface area contributed by atoms with E-state index >= 15 is 0 Å². The first kappa shape index (κ1) is 23.2. The monoisotopic (exact) mass is 507 g/mol. The zero-order valence-electron chi connectivity index (χ0n) is 20.3. The highest BCUT2D eigenvalue weighted by Crippen LogP contribution is 2.43. The minimum Gasteiger partial charge on any atom is -0.457 e. The van der Waals surface area contributed by atoms with Gasteiger partial charge in [-0.25, -0.2) is 4.98 Å². The minimum atomic E-state index is -0.502. The number of rotatable bonds is 5. The van der Waals surface area contributed by atoms with Crippen LogP contribution in [0.1, 0.15) is 37.7 Å². The predicted molar refractivity (Wildman–Crippen MR) is 146 cm³/mol. The van der Waals surface area contributed by atoms with E-state index in [1.165, 1.54) is 11.3 Å². The minimum absolute atomic E-state index is 0.0749. The number of Topliss-reactive ketones (excluding diaryl/α,β-unsaturated/α-hetero) is 1. The summed E-state index contributed by atoms with van der Waals surface area (Å²) in [5.41, 5.74) is 4.51. The summed E-state index contributed by atoms with van der Waals surface area (Å²) in [4.78, 5) is 31.6. The molecular weight excluding hydrogens is 482 g/mol. The molecule has 2 heterocycles. The smallest absolute Gasteiger partial charge is 0.256 e. The molecule has 7 heteroatoms. The molecule has 2 aliphatic rings. The average molecular weight is 508 g/mol. The third-order valence-corrected chi connectivity index (χ3v) is 7.66. The van der Waals surface area contributed by atoms with Crippen molar-refractivity contribution in [2.24, 2.45) is 0 Å². The van der Waals surface area contributed by atoms with E-state index < -0.39 is 5.92 Å². The Morgan fingerprint density at radius 2 is 1.78 bits per heavy atom. The van der Waals surface area contributed by atoms with Gasteiger partial charge in [0.25, 0.3) is 5.91 Å². The highest BCUT2D eigenvalue weighted by molar-refractivity contribution is 7.22. The normalized spacial score (nSPS) is 17.4. The molecule has 0 radical (unpaired) electrons. The number of thiazole rings is 1. The zero-order chi connectivity index (χ0) is 25.4. The fraction of sp³-hybridized carbons (Fsp3) is 0.167. The fourth-order valence-electron chi connectivity index (χ4n) is 5.09. The Balaban J connectivity index is 1.39. The SMILES string of the molecule is CC1=C(C(=O)Nc2nc3ccccc3s2)C(c2cccc(Oc3ccccc3)c2)C2=C(CCCC2=O)N1. The molecule has 2 N–H and O–H groups in total. The summed E-state index contributed by atoms with van der Waals surface area (Å²) >= 11 is 1.43. The molecule has 37 heavy (non-hydrogen) atoms. The molecule has 1 aliphatic heterocycles. The van der Waals surface area contributed by atoms with Crippen LogP contribution in [0.5, 0.6) is 11.5 Å². The molecule has 0 spiro atoms. The Labute approximate surface area is 218 Å². The number of fused-ring (bicyclic) bond motifs is 1. The number of carbonyl (C=O) groups is 2. The highest BCUT2D eigenvalue weighted by atomic mass is 32.1. The molecule has 184 valence electrons. The lowest BCUT2D eigenvalue weighted by Gasteiger charge is -2.34. The topological polar surface area (TPSA) is 80.3 Å². The highest BCUT2D eigenvalue weighted by Gasteiger charge is 2.38. The predicted octanol–water partition coefficient (Wildman–Crippen LogP) is 6.70. The quantitative estimate of drug-likeness (QED) is 0.314. The van der Waals surface area contributed by atoms with E-state index in [2.05, 4.69) is 15.6 Å². The van der Waals surface area contributed by atoms with Gasteiger partial charge in [0.15, 0.2) is 10.9 Å². The number of hydrogen-bond acceptors (Lipinski definition) is 6. The standard InChI is InChI=1S/C30H25N3O3S/c1-18-26(29(35)33-30-32-22-13-5-6-16-25(22)37-30)27(28-23(31-18)14-8-15-24(28)34)19-9-7-12-21(17-19)36-20-10-3-2-4-11-20/h2-7,9-13,16-17,27,31H,8,14-15H2,1H3,(H,32,33,35). The van der Waals surface area contributed by atoms with Crippen molar-refractivity contribution in [3.63, 3.8) is 0 Å². The summed E-state index contributed by atoms with van der Waals surface area (Å²) in [6.07, 6.45) is 2.06. The van der Waals surface area contributed by atoms with Gasteiger partial charge in [-0.05, 0) is 61.7 Å². The first-order valence-corrected chi connectivity index (χ1v) is 13.1. The van der Waals surface area contributed by atoms with Gasteiger partial charge in [-0.3, -0.25) is 14.9 Å². The van der Waals surface area contributed by atoms with Gasteiger partial charge in [0.05, 0.1) is 10.2 Å². The lowest BCUT2D eigenvalue weighted by Crippen LogP contribution is -2.35. The molecule has 0 saturated heterocycles. The number of nitrogens with zero attached hydrogens (tertiary/aromatic N) is 1. The lowest BCUT2D eigenvalue weighted by molar-refractivity contribution is -0.116. The average Bonchev–Trinajstić information content (AvgIpc) is 3.31. The summed E-state index contributed by atoms with van der Waals surface area (Å²) in [5, 5.41) is 6.91. The largest absolute Gasteiger partial charge is 0.457 e. The van der Waals surface area contributed by atoms with Crippen LogP contribution in [0.4, 0.5) is 5.13 Å². The number of allylic oxidation sites excluding steroid dienone is 3. The number of hydrogen-bond donors (Lipinski definition) is 2. The van der Waals surface area contributed by atoms with Crippen LogP contribution in [0.3, 0.4) is 0 Å². The summed E-state index contributed by atoms with van der Waals surface area (Å²) in [5.74, 6) is 0.674. The Bertz CT molecular complexity index is 1550. The summed E-state index contributed by atoms with van der Waals surface area (Å²) in [6, 6.07) is 25.0. The Morgan fingerprint density at radius 1 is 1.00 bits per heavy atom. The molecule has 1 aliphatic carbocycles.